The summed E-state index contributed by atoms with van der Waals surface area (Å²) >= 11 is 9.35. The second kappa shape index (κ2) is 10.1. The van der Waals surface area contributed by atoms with Crippen molar-refractivity contribution < 1.29 is 9.53 Å². The summed E-state index contributed by atoms with van der Waals surface area (Å²) in [7, 11) is 0. The number of carbonyl (C=O) groups excluding carboxylic acids is 1. The van der Waals surface area contributed by atoms with Gasteiger partial charge in [-0.1, -0.05) is 46.9 Å². The van der Waals surface area contributed by atoms with E-state index in [-0.39, 0.29) is 5.91 Å². The third-order valence-corrected chi connectivity index (χ3v) is 3.95. The molecule has 5 heteroatoms. The highest BCUT2D eigenvalue weighted by atomic mass is 79.9. The summed E-state index contributed by atoms with van der Waals surface area (Å²) in [6.07, 6.45) is 2.78. The highest BCUT2D eigenvalue weighted by Gasteiger charge is 2.16. The Labute approximate surface area is 140 Å². The van der Waals surface area contributed by atoms with Crippen LogP contribution in [-0.2, 0) is 4.79 Å². The zero-order valence-corrected chi connectivity index (χ0v) is 14.9. The van der Waals surface area contributed by atoms with Gasteiger partial charge in [0.15, 0.2) is 6.10 Å². The van der Waals surface area contributed by atoms with Gasteiger partial charge in [-0.05, 0) is 43.9 Å². The number of hydrogen-bond donors (Lipinski definition) is 1. The summed E-state index contributed by atoms with van der Waals surface area (Å²) in [6, 6.07) is 7.07. The molecule has 21 heavy (non-hydrogen) atoms. The van der Waals surface area contributed by atoms with E-state index in [4.69, 9.17) is 16.3 Å². The smallest absolute Gasteiger partial charge is 0.260 e. The van der Waals surface area contributed by atoms with E-state index in [2.05, 4.69) is 28.2 Å². The van der Waals surface area contributed by atoms with Crippen LogP contribution in [0.5, 0.6) is 5.75 Å². The lowest BCUT2D eigenvalue weighted by Gasteiger charge is -2.19. The van der Waals surface area contributed by atoms with Crippen molar-refractivity contribution >= 4 is 33.4 Å². The molecule has 0 saturated carbocycles. The van der Waals surface area contributed by atoms with E-state index in [1.165, 1.54) is 0 Å². The second-order valence-corrected chi connectivity index (χ2v) is 6.32. The molecule has 0 radical (unpaired) electrons. The van der Waals surface area contributed by atoms with Gasteiger partial charge in [-0.3, -0.25) is 4.79 Å². The van der Waals surface area contributed by atoms with Gasteiger partial charge in [0.1, 0.15) is 5.75 Å². The first kappa shape index (κ1) is 18.3. The molecule has 2 unspecified atom stereocenters. The summed E-state index contributed by atoms with van der Waals surface area (Å²) in [5, 5.41) is 4.53. The Kier molecular flexibility index (Phi) is 8.77. The number of hydrogen-bond acceptors (Lipinski definition) is 2. The molecule has 3 nitrogen and oxygen atoms in total. The van der Waals surface area contributed by atoms with Crippen molar-refractivity contribution in [2.75, 3.05) is 11.9 Å². The Morgan fingerprint density at radius 2 is 2.19 bits per heavy atom. The molecule has 0 aliphatic rings. The van der Waals surface area contributed by atoms with Crippen molar-refractivity contribution in [2.24, 2.45) is 5.92 Å². The number of rotatable bonds is 9. The zero-order valence-electron chi connectivity index (χ0n) is 12.6. The van der Waals surface area contributed by atoms with Crippen LogP contribution in [-0.4, -0.2) is 23.9 Å². The van der Waals surface area contributed by atoms with E-state index in [1.54, 1.807) is 31.2 Å². The molecule has 1 rings (SSSR count). The fourth-order valence-electron chi connectivity index (χ4n) is 2.10. The van der Waals surface area contributed by atoms with E-state index in [0.29, 0.717) is 23.2 Å². The lowest BCUT2D eigenvalue weighted by molar-refractivity contribution is -0.127. The number of benzene rings is 1. The maximum atomic E-state index is 12.1. The molecule has 0 saturated heterocycles. The molecular formula is C16H23BrClNO2. The van der Waals surface area contributed by atoms with Crippen molar-refractivity contribution in [3.63, 3.8) is 0 Å². The molecule has 1 aromatic carbocycles. The lowest BCUT2D eigenvalue weighted by Crippen LogP contribution is -2.39. The van der Waals surface area contributed by atoms with Gasteiger partial charge in [0.05, 0.1) is 0 Å². The minimum Gasteiger partial charge on any atom is -0.481 e. The van der Waals surface area contributed by atoms with Crippen LogP contribution >= 0.6 is 27.5 Å². The normalized spacial score (nSPS) is 13.5. The lowest BCUT2D eigenvalue weighted by atomic mass is 10.0. The third kappa shape index (κ3) is 7.18. The van der Waals surface area contributed by atoms with Crippen molar-refractivity contribution in [2.45, 2.75) is 39.2 Å². The molecule has 0 bridgehead atoms. The van der Waals surface area contributed by atoms with Gasteiger partial charge in [-0.15, -0.1) is 0 Å². The fraction of sp³-hybridized carbons (Fsp3) is 0.562. The quantitative estimate of drug-likeness (QED) is 0.648. The van der Waals surface area contributed by atoms with Crippen LogP contribution in [0, 0.1) is 5.92 Å². The molecule has 2 atom stereocenters. The maximum absolute atomic E-state index is 12.1. The number of amides is 1. The van der Waals surface area contributed by atoms with Crippen molar-refractivity contribution in [3.05, 3.63) is 29.3 Å². The first-order valence-electron chi connectivity index (χ1n) is 7.32. The Morgan fingerprint density at radius 3 is 2.81 bits per heavy atom. The van der Waals surface area contributed by atoms with E-state index in [1.807, 2.05) is 0 Å². The van der Waals surface area contributed by atoms with Crippen molar-refractivity contribution in [1.82, 2.24) is 5.32 Å². The van der Waals surface area contributed by atoms with Crippen LogP contribution in [0.25, 0.3) is 0 Å². The van der Waals surface area contributed by atoms with Gasteiger partial charge < -0.3 is 10.1 Å². The Morgan fingerprint density at radius 1 is 1.43 bits per heavy atom. The first-order chi connectivity index (χ1) is 10.1. The molecule has 0 heterocycles. The van der Waals surface area contributed by atoms with Gasteiger partial charge in [-0.2, -0.15) is 0 Å². The predicted molar refractivity (Wildman–Crippen MR) is 91.4 cm³/mol. The molecule has 0 aliphatic heterocycles. The second-order valence-electron chi connectivity index (χ2n) is 5.09. The van der Waals surface area contributed by atoms with Crippen LogP contribution in [0.15, 0.2) is 24.3 Å². The van der Waals surface area contributed by atoms with Gasteiger partial charge in [-0.25, -0.2) is 0 Å². The van der Waals surface area contributed by atoms with E-state index >= 15 is 0 Å². The highest BCUT2D eigenvalue weighted by Crippen LogP contribution is 2.18. The molecule has 0 aliphatic carbocycles. The number of carbonyl (C=O) groups is 1. The fourth-order valence-corrected chi connectivity index (χ4v) is 2.93. The number of alkyl halides is 1. The van der Waals surface area contributed by atoms with Crippen molar-refractivity contribution in [1.29, 1.82) is 0 Å². The van der Waals surface area contributed by atoms with E-state index in [0.717, 1.165) is 24.6 Å². The highest BCUT2D eigenvalue weighted by molar-refractivity contribution is 9.09. The monoisotopic (exact) mass is 375 g/mol. The predicted octanol–water partition coefficient (Wildman–Crippen LogP) is 4.42. The first-order valence-corrected chi connectivity index (χ1v) is 8.82. The minimum absolute atomic E-state index is 0.0920. The van der Waals surface area contributed by atoms with Gasteiger partial charge in [0.25, 0.3) is 5.91 Å². The molecule has 1 amide bonds. The Hall–Kier alpha value is -0.740. The zero-order chi connectivity index (χ0) is 15.7. The summed E-state index contributed by atoms with van der Waals surface area (Å²) in [6.45, 7) is 4.60. The summed E-state index contributed by atoms with van der Waals surface area (Å²) < 4.78 is 5.60. The molecule has 1 aromatic rings. The molecule has 0 spiro atoms. The number of ether oxygens (including phenoxy) is 1. The molecule has 118 valence electrons. The van der Waals surface area contributed by atoms with Gasteiger partial charge >= 0.3 is 0 Å². The van der Waals surface area contributed by atoms with Crippen LogP contribution < -0.4 is 10.1 Å². The summed E-state index contributed by atoms with van der Waals surface area (Å²) in [5.74, 6) is 1.03. The standard InChI is InChI=1S/C16H23BrClNO2/c1-3-5-13(8-9-17)11-19-16(20)12(2)21-15-7-4-6-14(18)10-15/h4,6-7,10,12-13H,3,5,8-9,11H2,1-2H3,(H,19,20). The average Bonchev–Trinajstić information content (AvgIpc) is 2.45. The summed E-state index contributed by atoms with van der Waals surface area (Å²) in [5.41, 5.74) is 0. The van der Waals surface area contributed by atoms with Gasteiger partial charge in [0.2, 0.25) is 0 Å². The maximum Gasteiger partial charge on any atom is 0.260 e. The molecule has 0 fully saturated rings. The Bertz CT molecular complexity index is 436. The number of nitrogens with one attached hydrogen (secondary N) is 1. The molecule has 0 aromatic heterocycles. The Balaban J connectivity index is 2.43. The van der Waals surface area contributed by atoms with E-state index < -0.39 is 6.10 Å². The molecular weight excluding hydrogens is 354 g/mol. The number of halogens is 2. The largest absolute Gasteiger partial charge is 0.481 e. The van der Waals surface area contributed by atoms with E-state index in [9.17, 15) is 4.79 Å². The van der Waals surface area contributed by atoms with Crippen LogP contribution in [0.1, 0.15) is 33.1 Å². The average molecular weight is 377 g/mol. The summed E-state index contributed by atoms with van der Waals surface area (Å²) in [4.78, 5) is 12.1. The minimum atomic E-state index is -0.533. The van der Waals surface area contributed by atoms with Crippen LogP contribution in [0.3, 0.4) is 0 Å². The molecule has 1 N–H and O–H groups in total. The van der Waals surface area contributed by atoms with Crippen molar-refractivity contribution in [3.8, 4) is 5.75 Å². The van der Waals surface area contributed by atoms with Crippen LogP contribution in [0.2, 0.25) is 5.02 Å². The SMILES string of the molecule is CCCC(CCBr)CNC(=O)C(C)Oc1cccc(Cl)c1. The van der Waals surface area contributed by atoms with Gasteiger partial charge in [0, 0.05) is 16.9 Å². The topological polar surface area (TPSA) is 38.3 Å². The van der Waals surface area contributed by atoms with Crippen LogP contribution in [0.4, 0.5) is 0 Å². The third-order valence-electron chi connectivity index (χ3n) is 3.26.